The Morgan fingerprint density at radius 3 is 2.13 bits per heavy atom. The molecule has 0 heterocycles. The largest absolute Gasteiger partial charge is 0.481 e. The Kier molecular flexibility index (Phi) is 8.44. The maximum absolute atomic E-state index is 10.3. The number of carbonyl (C=O) groups is 1. The van der Waals surface area contributed by atoms with Crippen LogP contribution in [0.5, 0.6) is 0 Å². The van der Waals surface area contributed by atoms with Crippen LogP contribution in [0.3, 0.4) is 0 Å². The number of rotatable bonds is 11. The van der Waals surface area contributed by atoms with Crippen LogP contribution in [-0.4, -0.2) is 11.1 Å². The van der Waals surface area contributed by atoms with E-state index in [-0.39, 0.29) is 6.42 Å². The van der Waals surface area contributed by atoms with Gasteiger partial charge in [-0.05, 0) is 6.42 Å². The van der Waals surface area contributed by atoms with Crippen LogP contribution in [0, 0.1) is 0 Å². The second-order valence-electron chi connectivity index (χ2n) is 4.02. The van der Waals surface area contributed by atoms with Crippen molar-refractivity contribution in [2.45, 2.75) is 77.5 Å². The molecule has 1 N–H and O–H groups in total. The summed E-state index contributed by atoms with van der Waals surface area (Å²) in [7, 11) is 0. The highest BCUT2D eigenvalue weighted by molar-refractivity contribution is 5.66. The first kappa shape index (κ1) is 11.0. The monoisotopic (exact) mass is 216 g/mol. The molecule has 2 nitrogen and oxygen atoms in total. The summed E-state index contributed by atoms with van der Waals surface area (Å²) in [6, 6.07) is 0. The fraction of sp³-hybridized carbons (Fsp3) is 0.923. The SMILES string of the molecule is [2H]C([2H])(CCCC)CCCCCCCC(=O)O. The zero-order valence-electron chi connectivity index (χ0n) is 11.9. The molecule has 0 amide bonds. The van der Waals surface area contributed by atoms with Gasteiger partial charge < -0.3 is 5.11 Å². The van der Waals surface area contributed by atoms with Gasteiger partial charge in [0.2, 0.25) is 0 Å². The van der Waals surface area contributed by atoms with Crippen molar-refractivity contribution in [2.75, 3.05) is 0 Å². The molecule has 0 fully saturated rings. The lowest BCUT2D eigenvalue weighted by Gasteiger charge is -2.01. The number of hydrogen-bond acceptors (Lipinski definition) is 1. The van der Waals surface area contributed by atoms with E-state index < -0.39 is 12.3 Å². The molecule has 0 atom stereocenters. The van der Waals surface area contributed by atoms with Crippen LogP contribution in [0.15, 0.2) is 0 Å². The van der Waals surface area contributed by atoms with Gasteiger partial charge in [0.1, 0.15) is 0 Å². The second kappa shape index (κ2) is 11.5. The maximum Gasteiger partial charge on any atom is 0.303 e. The van der Waals surface area contributed by atoms with Gasteiger partial charge in [0.15, 0.2) is 0 Å². The van der Waals surface area contributed by atoms with E-state index in [1.54, 1.807) is 0 Å². The first-order chi connectivity index (χ1) is 7.98. The minimum atomic E-state index is -1.00. The molecule has 0 radical (unpaired) electrons. The van der Waals surface area contributed by atoms with Gasteiger partial charge in [-0.15, -0.1) is 0 Å². The summed E-state index contributed by atoms with van der Waals surface area (Å²) in [4.78, 5) is 10.3. The van der Waals surface area contributed by atoms with Crippen molar-refractivity contribution in [3.8, 4) is 0 Å². The zero-order chi connectivity index (χ0) is 13.1. The lowest BCUT2D eigenvalue weighted by Crippen LogP contribution is -1.93. The van der Waals surface area contributed by atoms with E-state index in [1.807, 2.05) is 0 Å². The van der Waals surface area contributed by atoms with Crippen molar-refractivity contribution in [3.63, 3.8) is 0 Å². The van der Waals surface area contributed by atoms with E-state index >= 15 is 0 Å². The molecule has 2 heteroatoms. The summed E-state index contributed by atoms with van der Waals surface area (Å²) in [6.07, 6.45) is 7.25. The maximum atomic E-state index is 10.3. The molecule has 0 aliphatic heterocycles. The van der Waals surface area contributed by atoms with E-state index in [4.69, 9.17) is 7.85 Å². The van der Waals surface area contributed by atoms with E-state index in [0.717, 1.165) is 44.9 Å². The smallest absolute Gasteiger partial charge is 0.303 e. The first-order valence-electron chi connectivity index (χ1n) is 7.20. The predicted octanol–water partition coefficient (Wildman–Crippen LogP) is 4.38. The molecule has 0 unspecified atom stereocenters. The summed E-state index contributed by atoms with van der Waals surface area (Å²) in [5, 5.41) is 8.46. The minimum Gasteiger partial charge on any atom is -0.481 e. The Bertz CT molecular complexity index is 206. The van der Waals surface area contributed by atoms with Crippen molar-refractivity contribution in [1.29, 1.82) is 0 Å². The van der Waals surface area contributed by atoms with Crippen molar-refractivity contribution in [3.05, 3.63) is 0 Å². The molecule has 0 spiro atoms. The summed E-state index contributed by atoms with van der Waals surface area (Å²) < 4.78 is 15.6. The Hall–Kier alpha value is -0.530. The normalized spacial score (nSPS) is 13.4. The van der Waals surface area contributed by atoms with Crippen molar-refractivity contribution < 1.29 is 12.6 Å². The van der Waals surface area contributed by atoms with Gasteiger partial charge in [-0.2, -0.15) is 0 Å². The topological polar surface area (TPSA) is 37.3 Å². The molecule has 0 bridgehead atoms. The summed E-state index contributed by atoms with van der Waals surface area (Å²) in [5.74, 6) is -0.721. The molecule has 0 saturated carbocycles. The molecule has 0 aliphatic rings. The number of hydrogen-bond donors (Lipinski definition) is 1. The number of aliphatic carboxylic acids is 1. The van der Waals surface area contributed by atoms with Gasteiger partial charge in [0.25, 0.3) is 0 Å². The van der Waals surface area contributed by atoms with Crippen molar-refractivity contribution in [1.82, 2.24) is 0 Å². The van der Waals surface area contributed by atoms with Crippen LogP contribution < -0.4 is 0 Å². The molecule has 0 aromatic carbocycles. The third-order valence-electron chi connectivity index (χ3n) is 2.45. The molecular weight excluding hydrogens is 188 g/mol. The van der Waals surface area contributed by atoms with E-state index in [1.165, 1.54) is 0 Å². The molecule has 90 valence electrons. The van der Waals surface area contributed by atoms with Gasteiger partial charge in [-0.1, -0.05) is 64.7 Å². The van der Waals surface area contributed by atoms with Crippen LogP contribution >= 0.6 is 0 Å². The van der Waals surface area contributed by atoms with Crippen LogP contribution in [0.2, 0.25) is 0 Å². The highest BCUT2D eigenvalue weighted by Gasteiger charge is 1.96. The van der Waals surface area contributed by atoms with Crippen molar-refractivity contribution in [2.24, 2.45) is 0 Å². The fourth-order valence-corrected chi connectivity index (χ4v) is 1.48. The van der Waals surface area contributed by atoms with Crippen LogP contribution in [0.4, 0.5) is 0 Å². The molecule has 0 aromatic heterocycles. The van der Waals surface area contributed by atoms with Crippen LogP contribution in [0.25, 0.3) is 0 Å². The first-order valence-corrected chi connectivity index (χ1v) is 6.20. The summed E-state index contributed by atoms with van der Waals surface area (Å²) >= 11 is 0. The third-order valence-corrected chi connectivity index (χ3v) is 2.45. The fourth-order valence-electron chi connectivity index (χ4n) is 1.48. The van der Waals surface area contributed by atoms with Gasteiger partial charge in [-0.25, -0.2) is 0 Å². The van der Waals surface area contributed by atoms with Gasteiger partial charge >= 0.3 is 5.97 Å². The summed E-state index contributed by atoms with van der Waals surface area (Å²) in [6.45, 7) is 2.08. The van der Waals surface area contributed by atoms with Crippen LogP contribution in [0.1, 0.15) is 80.2 Å². The van der Waals surface area contributed by atoms with Crippen LogP contribution in [-0.2, 0) is 4.79 Å². The average molecular weight is 216 g/mol. The summed E-state index contributed by atoms with van der Waals surface area (Å²) in [5.41, 5.74) is 0. The molecule has 0 aliphatic carbocycles. The lowest BCUT2D eigenvalue weighted by atomic mass is 10.1. The molecule has 15 heavy (non-hydrogen) atoms. The Morgan fingerprint density at radius 1 is 1.00 bits per heavy atom. The average Bonchev–Trinajstić information content (AvgIpc) is 2.24. The Balaban J connectivity index is 3.34. The van der Waals surface area contributed by atoms with Crippen molar-refractivity contribution >= 4 is 5.97 Å². The highest BCUT2D eigenvalue weighted by atomic mass is 16.4. The lowest BCUT2D eigenvalue weighted by molar-refractivity contribution is -0.137. The number of carboxylic acids is 1. The number of unbranched alkanes of at least 4 members (excludes halogenated alkanes) is 5. The second-order valence-corrected chi connectivity index (χ2v) is 4.02. The zero-order valence-corrected chi connectivity index (χ0v) is 9.93. The highest BCUT2D eigenvalue weighted by Crippen LogP contribution is 2.10. The molecule has 0 aromatic rings. The third kappa shape index (κ3) is 13.5. The quantitative estimate of drug-likeness (QED) is 0.520. The van der Waals surface area contributed by atoms with E-state index in [9.17, 15) is 4.79 Å². The van der Waals surface area contributed by atoms with E-state index in [2.05, 4.69) is 6.92 Å². The molecule has 0 rings (SSSR count). The van der Waals surface area contributed by atoms with Gasteiger partial charge in [-0.3, -0.25) is 4.79 Å². The van der Waals surface area contributed by atoms with Gasteiger partial charge in [0, 0.05) is 9.16 Å². The minimum absolute atomic E-state index is 0.261. The Morgan fingerprint density at radius 2 is 1.53 bits per heavy atom. The molecule has 0 saturated heterocycles. The van der Waals surface area contributed by atoms with E-state index in [0.29, 0.717) is 12.8 Å². The van der Waals surface area contributed by atoms with Gasteiger partial charge in [0.05, 0.1) is 0 Å². The predicted molar refractivity (Wildman–Crippen MR) is 64.1 cm³/mol. The molecular formula is C13H26O2. The number of carboxylic acid groups (broad SMARTS) is 1. The standard InChI is InChI=1S/C13H26O2/c1-2-3-4-5-6-7-8-9-10-11-12-13(14)15/h2-12H2,1H3,(H,14,15)/i5D2. The Labute approximate surface area is 96.9 Å².